The van der Waals surface area contributed by atoms with Gasteiger partial charge in [-0.1, -0.05) is 32.4 Å². The maximum absolute atomic E-state index is 13.1. The first-order chi connectivity index (χ1) is 24.8. The molecule has 280 valence electrons. The molecule has 14 heteroatoms. The number of benzene rings is 1. The highest BCUT2D eigenvalue weighted by atomic mass is 32.2. The van der Waals surface area contributed by atoms with Crippen LogP contribution in [-0.2, 0) is 24.4 Å². The van der Waals surface area contributed by atoms with Crippen LogP contribution in [0, 0.1) is 24.7 Å². The molecule has 12 nitrogen and oxygen atoms in total. The van der Waals surface area contributed by atoms with Crippen molar-refractivity contribution < 1.29 is 27.5 Å². The first kappa shape index (κ1) is 37.7. The quantitative estimate of drug-likeness (QED) is 0.290. The number of sulfonamides is 1. The Bertz CT molecular complexity index is 2050. The van der Waals surface area contributed by atoms with Crippen LogP contribution in [0.3, 0.4) is 0 Å². The molecule has 2 aromatic heterocycles. The summed E-state index contributed by atoms with van der Waals surface area (Å²) < 4.78 is 32.1. The van der Waals surface area contributed by atoms with Gasteiger partial charge in [-0.3, -0.25) is 23.9 Å². The summed E-state index contributed by atoms with van der Waals surface area (Å²) in [7, 11) is -0.280. The van der Waals surface area contributed by atoms with Crippen molar-refractivity contribution in [2.75, 3.05) is 20.7 Å². The number of nitrogens with zero attached hydrogens (tertiary/aromatic N) is 2. The number of hydrogen-bond donors (Lipinski definition) is 3. The maximum atomic E-state index is 13.1. The van der Waals surface area contributed by atoms with Crippen LogP contribution in [-0.4, -0.2) is 72.5 Å². The fourth-order valence-electron chi connectivity index (χ4n) is 7.26. The number of H-pyrrole nitrogens is 1. The van der Waals surface area contributed by atoms with Gasteiger partial charge in [-0.05, 0) is 76.3 Å². The molecule has 2 unspecified atom stereocenters. The standard InChI is InChI=1S/C21H31N3O5S.C17H18N2O2S/c1-24-12-5-3-2-4-7-14-13-21(14,20(27)23-30(28,29)15-10-11-15)22-18(25)16-8-6-9-17(16)19(24)26;1-9(2)13-8-22-17(19-13)12-7-14(20)11-5-6-15(21-4)10(3)16(11)18-12/h4,7,14-17H,2-3,5-6,8-13H2,1H3,(H,22,25)(H,23,27);5-9H,1-4H3,(H,18,20)/b7-4-;/t14?,16-,17?,21-;/m1./s1. The molecule has 0 radical (unpaired) electrons. The predicted molar refractivity (Wildman–Crippen MR) is 202 cm³/mol. The smallest absolute Gasteiger partial charge is 0.259 e. The van der Waals surface area contributed by atoms with Gasteiger partial charge in [-0.15, -0.1) is 11.3 Å². The molecule has 3 fully saturated rings. The molecular formula is C38H49N5O7S2. The van der Waals surface area contributed by atoms with Crippen LogP contribution in [0.2, 0.25) is 0 Å². The summed E-state index contributed by atoms with van der Waals surface area (Å²) in [5, 5.41) is 5.91. The highest BCUT2D eigenvalue weighted by molar-refractivity contribution is 7.91. The van der Waals surface area contributed by atoms with Gasteiger partial charge >= 0.3 is 0 Å². The number of ether oxygens (including phenoxy) is 1. The second-order valence-electron chi connectivity index (χ2n) is 14.9. The van der Waals surface area contributed by atoms with Gasteiger partial charge in [0.2, 0.25) is 21.8 Å². The fraction of sp³-hybridized carbons (Fsp3) is 0.553. The van der Waals surface area contributed by atoms with E-state index in [1.54, 1.807) is 42.5 Å². The van der Waals surface area contributed by atoms with E-state index in [2.05, 4.69) is 33.9 Å². The van der Waals surface area contributed by atoms with Crippen LogP contribution in [0.5, 0.6) is 5.75 Å². The summed E-state index contributed by atoms with van der Waals surface area (Å²) in [5.41, 5.74) is 2.30. The SMILES string of the molecule is CN1CCCC/C=C\C2C[C@@]2(C(=O)NS(=O)(=O)C2CC2)NC(=O)[C@@H]2CCCC2C1=O.COc1ccc2c(=O)cc(-c3nc(C(C)C)cs3)[nH]c2c1C. The number of aromatic amines is 1. The molecule has 3 aliphatic carbocycles. The molecule has 1 aliphatic heterocycles. The summed E-state index contributed by atoms with van der Waals surface area (Å²) >= 11 is 1.55. The largest absolute Gasteiger partial charge is 0.496 e. The van der Waals surface area contributed by atoms with Crippen molar-refractivity contribution in [1.29, 1.82) is 0 Å². The van der Waals surface area contributed by atoms with E-state index in [1.165, 1.54) is 0 Å². The van der Waals surface area contributed by atoms with E-state index >= 15 is 0 Å². The number of hydrogen-bond acceptors (Lipinski definition) is 9. The normalized spacial score (nSPS) is 25.7. The number of carbonyl (C=O) groups excluding carboxylic acids is 3. The van der Waals surface area contributed by atoms with Crippen molar-refractivity contribution in [3.05, 3.63) is 57.2 Å². The number of methoxy groups -OCH3 is 1. The van der Waals surface area contributed by atoms with Crippen LogP contribution in [0.15, 0.2) is 40.5 Å². The lowest BCUT2D eigenvalue weighted by Gasteiger charge is -2.27. The van der Waals surface area contributed by atoms with Crippen molar-refractivity contribution in [1.82, 2.24) is 24.9 Å². The minimum absolute atomic E-state index is 0.00389. The lowest BCUT2D eigenvalue weighted by molar-refractivity contribution is -0.140. The van der Waals surface area contributed by atoms with Crippen LogP contribution in [0.25, 0.3) is 21.6 Å². The van der Waals surface area contributed by atoms with Gasteiger partial charge < -0.3 is 19.9 Å². The molecular weight excluding hydrogens is 703 g/mol. The first-order valence-electron chi connectivity index (χ1n) is 18.2. The van der Waals surface area contributed by atoms with Gasteiger partial charge in [0.15, 0.2) is 5.43 Å². The Hall–Kier alpha value is -4.04. The molecule has 0 spiro atoms. The second-order valence-corrected chi connectivity index (χ2v) is 17.7. The number of nitrogens with one attached hydrogen (secondary N) is 3. The zero-order valence-electron chi connectivity index (χ0n) is 30.5. The van der Waals surface area contributed by atoms with E-state index in [0.717, 1.165) is 58.9 Å². The Morgan fingerprint density at radius 2 is 1.85 bits per heavy atom. The number of thiazole rings is 1. The van der Waals surface area contributed by atoms with Gasteiger partial charge in [0.25, 0.3) is 5.91 Å². The minimum atomic E-state index is -3.69. The van der Waals surface area contributed by atoms with Crippen molar-refractivity contribution >= 4 is 50.0 Å². The monoisotopic (exact) mass is 751 g/mol. The molecule has 4 aliphatic rings. The van der Waals surface area contributed by atoms with Crippen molar-refractivity contribution in [3.63, 3.8) is 0 Å². The zero-order chi connectivity index (χ0) is 37.4. The molecule has 7 rings (SSSR count). The molecule has 4 atom stereocenters. The Morgan fingerprint density at radius 1 is 1.10 bits per heavy atom. The second kappa shape index (κ2) is 15.1. The summed E-state index contributed by atoms with van der Waals surface area (Å²) in [6.07, 6.45) is 10.1. The Balaban J connectivity index is 0.000000187. The van der Waals surface area contributed by atoms with Crippen LogP contribution < -0.4 is 20.2 Å². The number of fused-ring (bicyclic) bond motifs is 3. The molecule has 3 saturated carbocycles. The average Bonchev–Trinajstić information content (AvgIpc) is 3.96. The number of aromatic nitrogens is 2. The maximum Gasteiger partial charge on any atom is 0.259 e. The zero-order valence-corrected chi connectivity index (χ0v) is 32.1. The highest BCUT2D eigenvalue weighted by Gasteiger charge is 2.62. The van der Waals surface area contributed by atoms with Crippen LogP contribution in [0.4, 0.5) is 0 Å². The molecule has 1 aromatic carbocycles. The van der Waals surface area contributed by atoms with E-state index in [1.807, 2.05) is 30.5 Å². The van der Waals surface area contributed by atoms with Crippen LogP contribution in [0.1, 0.15) is 88.8 Å². The molecule has 3 heterocycles. The topological polar surface area (TPSA) is 168 Å². The lowest BCUT2D eigenvalue weighted by atomic mass is 9.93. The van der Waals surface area contributed by atoms with Gasteiger partial charge in [0.1, 0.15) is 16.3 Å². The van der Waals surface area contributed by atoms with Gasteiger partial charge in [0.05, 0.1) is 29.3 Å². The number of amides is 3. The lowest BCUT2D eigenvalue weighted by Crippen LogP contribution is -2.54. The number of aryl methyl sites for hydroxylation is 1. The molecule has 0 bridgehead atoms. The third kappa shape index (κ3) is 7.83. The molecule has 3 amide bonds. The summed E-state index contributed by atoms with van der Waals surface area (Å²) in [6.45, 7) is 6.84. The number of carbonyl (C=O) groups is 3. The third-order valence-corrected chi connectivity index (χ3v) is 13.5. The van der Waals surface area contributed by atoms with Crippen molar-refractivity contribution in [2.45, 2.75) is 95.3 Å². The Morgan fingerprint density at radius 3 is 2.54 bits per heavy atom. The molecule has 0 saturated heterocycles. The van der Waals surface area contributed by atoms with E-state index in [-0.39, 0.29) is 29.1 Å². The molecule has 3 aromatic rings. The fourth-order valence-corrected chi connectivity index (χ4v) is 9.58. The van der Waals surface area contributed by atoms with Crippen LogP contribution >= 0.6 is 11.3 Å². The van der Waals surface area contributed by atoms with Crippen molar-refractivity contribution in [3.8, 4) is 16.5 Å². The number of rotatable bonds is 6. The average molecular weight is 752 g/mol. The molecule has 52 heavy (non-hydrogen) atoms. The van der Waals surface area contributed by atoms with E-state index in [0.29, 0.717) is 50.0 Å². The van der Waals surface area contributed by atoms with Gasteiger partial charge in [0, 0.05) is 53.7 Å². The predicted octanol–water partition coefficient (Wildman–Crippen LogP) is 5.18. The summed E-state index contributed by atoms with van der Waals surface area (Å²) in [5.74, 6) is -0.909. The Labute approximate surface area is 308 Å². The van der Waals surface area contributed by atoms with E-state index in [4.69, 9.17) is 4.74 Å². The first-order valence-corrected chi connectivity index (χ1v) is 20.6. The summed E-state index contributed by atoms with van der Waals surface area (Å²) in [6, 6.07) is 5.25. The third-order valence-electron chi connectivity index (χ3n) is 10.8. The van der Waals surface area contributed by atoms with E-state index in [9.17, 15) is 27.6 Å². The minimum Gasteiger partial charge on any atom is -0.496 e. The summed E-state index contributed by atoms with van der Waals surface area (Å²) in [4.78, 5) is 61.1. The van der Waals surface area contributed by atoms with E-state index < -0.39 is 32.6 Å². The van der Waals surface area contributed by atoms with Crippen molar-refractivity contribution in [2.24, 2.45) is 17.8 Å². The molecule has 3 N–H and O–H groups in total. The van der Waals surface area contributed by atoms with Gasteiger partial charge in [-0.2, -0.15) is 0 Å². The Kier molecular flexibility index (Phi) is 11.0. The number of allylic oxidation sites excluding steroid dienone is 1. The van der Waals surface area contributed by atoms with Gasteiger partial charge in [-0.25, -0.2) is 13.4 Å². The highest BCUT2D eigenvalue weighted by Crippen LogP contribution is 2.47. The number of pyridine rings is 1.